The highest BCUT2D eigenvalue weighted by Crippen LogP contribution is 2.29. The van der Waals surface area contributed by atoms with Crippen LogP contribution >= 0.6 is 0 Å². The Kier molecular flexibility index (Phi) is 2.30. The zero-order chi connectivity index (χ0) is 11.0. The zero-order valence-electron chi connectivity index (χ0n) is 7.89. The third kappa shape index (κ3) is 1.77. The fourth-order valence-electron chi connectivity index (χ4n) is 1.73. The summed E-state index contributed by atoms with van der Waals surface area (Å²) in [7, 11) is 0. The minimum atomic E-state index is -0.972. The molecule has 1 aromatic rings. The van der Waals surface area contributed by atoms with E-state index in [0.29, 0.717) is 18.4 Å². The lowest BCUT2D eigenvalue weighted by atomic mass is 10.0. The molecule has 0 unspecified atom stereocenters. The molecule has 0 radical (unpaired) electrons. The van der Waals surface area contributed by atoms with E-state index < -0.39 is 11.6 Å². The number of rotatable bonds is 1. The molecule has 0 spiro atoms. The van der Waals surface area contributed by atoms with Gasteiger partial charge in [-0.25, -0.2) is 8.78 Å². The predicted octanol–water partition coefficient (Wildman–Crippen LogP) is 1.50. The summed E-state index contributed by atoms with van der Waals surface area (Å²) in [5.41, 5.74) is 6.17. The number of hydrogen-bond donors (Lipinski definition) is 2. The average molecular weight is 212 g/mol. The van der Waals surface area contributed by atoms with Crippen molar-refractivity contribution in [2.75, 3.05) is 5.73 Å². The summed E-state index contributed by atoms with van der Waals surface area (Å²) < 4.78 is 25.7. The highest BCUT2D eigenvalue weighted by molar-refractivity contribution is 5.79. The van der Waals surface area contributed by atoms with Crippen LogP contribution in [0.3, 0.4) is 0 Å². The molecule has 1 aliphatic heterocycles. The van der Waals surface area contributed by atoms with E-state index in [2.05, 4.69) is 5.32 Å². The van der Waals surface area contributed by atoms with Crippen molar-refractivity contribution >= 4 is 11.6 Å². The number of anilines is 1. The Hall–Kier alpha value is -1.65. The molecule has 3 N–H and O–H groups in total. The second kappa shape index (κ2) is 3.49. The minimum Gasteiger partial charge on any atom is -0.398 e. The largest absolute Gasteiger partial charge is 0.398 e. The van der Waals surface area contributed by atoms with Crippen molar-refractivity contribution in [2.24, 2.45) is 0 Å². The van der Waals surface area contributed by atoms with Crippen LogP contribution in [0.15, 0.2) is 12.1 Å². The lowest BCUT2D eigenvalue weighted by molar-refractivity contribution is -0.119. The van der Waals surface area contributed by atoms with Gasteiger partial charge in [0.1, 0.15) is 0 Å². The maximum absolute atomic E-state index is 13.0. The fraction of sp³-hybridized carbons (Fsp3) is 0.300. The van der Waals surface area contributed by atoms with E-state index in [0.717, 1.165) is 12.1 Å². The van der Waals surface area contributed by atoms with Crippen molar-refractivity contribution in [3.63, 3.8) is 0 Å². The molecule has 1 aliphatic rings. The van der Waals surface area contributed by atoms with Gasteiger partial charge in [-0.3, -0.25) is 4.79 Å². The molecule has 2 rings (SSSR count). The maximum Gasteiger partial charge on any atom is 0.220 e. The van der Waals surface area contributed by atoms with E-state index in [-0.39, 0.29) is 17.6 Å². The molecular formula is C10H10F2N2O. The standard InChI is InChI=1S/C10H10F2N2O/c11-6-3-5(8(13)4-7(6)12)9-1-2-10(15)14-9/h3-4,9H,1-2,13H2,(H,14,15)/t9-/m0/s1. The van der Waals surface area contributed by atoms with Crippen molar-refractivity contribution in [1.82, 2.24) is 5.32 Å². The van der Waals surface area contributed by atoms with E-state index in [9.17, 15) is 13.6 Å². The first-order valence-corrected chi connectivity index (χ1v) is 4.61. The molecule has 1 saturated heterocycles. The van der Waals surface area contributed by atoms with Gasteiger partial charge in [0, 0.05) is 23.7 Å². The summed E-state index contributed by atoms with van der Waals surface area (Å²) >= 11 is 0. The van der Waals surface area contributed by atoms with Gasteiger partial charge in [-0.1, -0.05) is 0 Å². The van der Waals surface area contributed by atoms with E-state index in [1.54, 1.807) is 0 Å². The molecule has 1 fully saturated rings. The molecular weight excluding hydrogens is 202 g/mol. The van der Waals surface area contributed by atoms with Gasteiger partial charge in [-0.2, -0.15) is 0 Å². The van der Waals surface area contributed by atoms with Crippen molar-refractivity contribution in [3.8, 4) is 0 Å². The van der Waals surface area contributed by atoms with Crippen LogP contribution in [0.2, 0.25) is 0 Å². The summed E-state index contributed by atoms with van der Waals surface area (Å²) in [6.45, 7) is 0. The normalized spacial score (nSPS) is 20.4. The summed E-state index contributed by atoms with van der Waals surface area (Å²) in [5.74, 6) is -2.01. The smallest absolute Gasteiger partial charge is 0.220 e. The van der Waals surface area contributed by atoms with Crippen molar-refractivity contribution in [3.05, 3.63) is 29.3 Å². The number of carbonyl (C=O) groups is 1. The minimum absolute atomic E-state index is 0.0934. The second-order valence-electron chi connectivity index (χ2n) is 3.55. The number of nitrogens with one attached hydrogen (secondary N) is 1. The number of hydrogen-bond acceptors (Lipinski definition) is 2. The summed E-state index contributed by atoms with van der Waals surface area (Å²) in [6, 6.07) is 1.68. The van der Waals surface area contributed by atoms with Gasteiger partial charge in [0.25, 0.3) is 0 Å². The Morgan fingerprint density at radius 3 is 2.60 bits per heavy atom. The Labute approximate surface area is 85.3 Å². The van der Waals surface area contributed by atoms with Crippen molar-refractivity contribution < 1.29 is 13.6 Å². The predicted molar refractivity (Wildman–Crippen MR) is 50.9 cm³/mol. The molecule has 1 atom stereocenters. The maximum atomic E-state index is 13.0. The van der Waals surface area contributed by atoms with Crippen LogP contribution < -0.4 is 11.1 Å². The Morgan fingerprint density at radius 2 is 2.00 bits per heavy atom. The fourth-order valence-corrected chi connectivity index (χ4v) is 1.73. The molecule has 1 heterocycles. The highest BCUT2D eigenvalue weighted by Gasteiger charge is 2.25. The number of nitrogens with two attached hydrogens (primary N) is 1. The van der Waals surface area contributed by atoms with Gasteiger partial charge < -0.3 is 11.1 Å². The summed E-state index contributed by atoms with van der Waals surface area (Å²) in [5, 5.41) is 2.65. The van der Waals surface area contributed by atoms with Gasteiger partial charge in [0.15, 0.2) is 11.6 Å². The first kappa shape index (κ1) is 9.89. The number of amides is 1. The number of carbonyl (C=O) groups excluding carboxylic acids is 1. The molecule has 0 aromatic heterocycles. The van der Waals surface area contributed by atoms with Crippen molar-refractivity contribution in [2.45, 2.75) is 18.9 Å². The monoisotopic (exact) mass is 212 g/mol. The first-order valence-electron chi connectivity index (χ1n) is 4.61. The van der Waals surface area contributed by atoms with Gasteiger partial charge in [-0.15, -0.1) is 0 Å². The first-order chi connectivity index (χ1) is 7.08. The van der Waals surface area contributed by atoms with Gasteiger partial charge >= 0.3 is 0 Å². The molecule has 1 aromatic carbocycles. The summed E-state index contributed by atoms with van der Waals surface area (Å²) in [4.78, 5) is 11.0. The van der Waals surface area contributed by atoms with Gasteiger partial charge in [-0.05, 0) is 12.5 Å². The SMILES string of the molecule is Nc1cc(F)c(F)cc1[C@@H]1CCC(=O)N1. The van der Waals surface area contributed by atoms with Crippen LogP contribution in [-0.2, 0) is 4.79 Å². The number of halogens is 2. The van der Waals surface area contributed by atoms with Crippen LogP contribution in [0.1, 0.15) is 24.4 Å². The van der Waals surface area contributed by atoms with Gasteiger partial charge in [0.05, 0.1) is 6.04 Å². The molecule has 80 valence electrons. The zero-order valence-corrected chi connectivity index (χ0v) is 7.89. The van der Waals surface area contributed by atoms with Crippen LogP contribution in [0.5, 0.6) is 0 Å². The lowest BCUT2D eigenvalue weighted by Gasteiger charge is -2.13. The number of benzene rings is 1. The Balaban J connectivity index is 2.36. The average Bonchev–Trinajstić information content (AvgIpc) is 2.58. The van der Waals surface area contributed by atoms with Crippen molar-refractivity contribution in [1.29, 1.82) is 0 Å². The Morgan fingerprint density at radius 1 is 1.33 bits per heavy atom. The molecule has 0 saturated carbocycles. The number of nitrogen functional groups attached to an aromatic ring is 1. The quantitative estimate of drug-likeness (QED) is 0.693. The van der Waals surface area contributed by atoms with E-state index in [4.69, 9.17) is 5.73 Å². The van der Waals surface area contributed by atoms with Crippen LogP contribution in [0.4, 0.5) is 14.5 Å². The van der Waals surface area contributed by atoms with Crippen LogP contribution in [0.25, 0.3) is 0 Å². The third-order valence-electron chi connectivity index (χ3n) is 2.50. The second-order valence-corrected chi connectivity index (χ2v) is 3.55. The molecule has 0 bridgehead atoms. The molecule has 0 aliphatic carbocycles. The molecule has 3 nitrogen and oxygen atoms in total. The lowest BCUT2D eigenvalue weighted by Crippen LogP contribution is -2.19. The third-order valence-corrected chi connectivity index (χ3v) is 2.50. The van der Waals surface area contributed by atoms with E-state index >= 15 is 0 Å². The summed E-state index contributed by atoms with van der Waals surface area (Å²) in [6.07, 6.45) is 0.956. The molecule has 15 heavy (non-hydrogen) atoms. The Bertz CT molecular complexity index is 420. The van der Waals surface area contributed by atoms with Crippen LogP contribution in [0, 0.1) is 11.6 Å². The van der Waals surface area contributed by atoms with Gasteiger partial charge in [0.2, 0.25) is 5.91 Å². The van der Waals surface area contributed by atoms with E-state index in [1.807, 2.05) is 0 Å². The van der Waals surface area contributed by atoms with E-state index in [1.165, 1.54) is 0 Å². The topological polar surface area (TPSA) is 55.1 Å². The molecule has 5 heteroatoms. The highest BCUT2D eigenvalue weighted by atomic mass is 19.2. The molecule has 1 amide bonds. The van der Waals surface area contributed by atoms with Crippen LogP contribution in [-0.4, -0.2) is 5.91 Å².